The third kappa shape index (κ3) is 10.1. The second-order valence-corrected chi connectivity index (χ2v) is 18.9. The fourth-order valence-electron chi connectivity index (χ4n) is 11.3. The first kappa shape index (κ1) is 46.8. The Morgan fingerprint density at radius 1 is 0.476 bits per heavy atom. The Kier molecular flexibility index (Phi) is 16.8. The van der Waals surface area contributed by atoms with Crippen molar-refractivity contribution in [1.82, 2.24) is 0 Å². The summed E-state index contributed by atoms with van der Waals surface area (Å²) in [5, 5.41) is 0. The number of fused-ring (bicyclic) bond motifs is 6. The summed E-state index contributed by atoms with van der Waals surface area (Å²) in [6.07, 6.45) is 24.4. The van der Waals surface area contributed by atoms with Crippen LogP contribution in [0.25, 0.3) is 28.3 Å². The van der Waals surface area contributed by atoms with Crippen LogP contribution in [0.4, 0.5) is 0 Å². The predicted molar refractivity (Wildman–Crippen MR) is 274 cm³/mol. The van der Waals surface area contributed by atoms with E-state index in [4.69, 9.17) is 9.47 Å². The first-order valence-electron chi connectivity index (χ1n) is 25.4. The van der Waals surface area contributed by atoms with Gasteiger partial charge in [-0.1, -0.05) is 194 Å². The van der Waals surface area contributed by atoms with E-state index in [0.29, 0.717) is 0 Å². The SMILES string of the molecule is Bc1ccc2c(c1)C(c1ccc(CCCOCC)cc1)(c1ccc(CCCOCC)cc1)c1cc3c(cc1-2)C(CCCCCCCC)(CCCCCCCC)c1cc(C=C)ccc1-3. The molecule has 0 radical (unpaired) electrons. The van der Waals surface area contributed by atoms with Crippen LogP contribution in [0.5, 0.6) is 0 Å². The number of ether oxygens (including phenoxy) is 2. The number of unbranched alkanes of at least 4 members (excludes halogenated alkanes) is 10. The fraction of sp³-hybridized carbons (Fsp3) is 0.467. The summed E-state index contributed by atoms with van der Waals surface area (Å²) in [6, 6.07) is 39.4. The van der Waals surface area contributed by atoms with Crippen LogP contribution in [0, 0.1) is 0 Å². The second-order valence-electron chi connectivity index (χ2n) is 18.9. The lowest BCUT2D eigenvalue weighted by Crippen LogP contribution is -2.30. The highest BCUT2D eigenvalue weighted by atomic mass is 16.5. The molecule has 0 spiro atoms. The maximum atomic E-state index is 5.73. The van der Waals surface area contributed by atoms with Gasteiger partial charge in [0.15, 0.2) is 0 Å². The van der Waals surface area contributed by atoms with Crippen LogP contribution >= 0.6 is 0 Å². The van der Waals surface area contributed by atoms with E-state index in [2.05, 4.69) is 145 Å². The standard InChI is InChI=1S/C60H77BO2/c1-6-11-13-15-17-19-37-59(38-20-18-16-14-12-7-2)55-41-45(8-3)29-35-51(55)53-44-58-54(43-56(53)59)52-36-34-50(61)42-57(52)60(58,48-30-25-46(26-31-48)23-21-39-62-9-4)49-32-27-47(28-33-49)24-22-40-63-10-5/h8,25-36,41-44H,3,6-7,9-24,37-40,61H2,1-2,4-5H3. The van der Waals surface area contributed by atoms with Gasteiger partial charge in [0.1, 0.15) is 7.85 Å². The predicted octanol–water partition coefficient (Wildman–Crippen LogP) is 14.7. The molecule has 2 nitrogen and oxygen atoms in total. The minimum Gasteiger partial charge on any atom is -0.382 e. The average molecular weight is 841 g/mol. The van der Waals surface area contributed by atoms with E-state index in [1.54, 1.807) is 11.1 Å². The maximum absolute atomic E-state index is 5.73. The molecule has 5 aromatic rings. The van der Waals surface area contributed by atoms with Gasteiger partial charge in [-0.05, 0) is 137 Å². The zero-order valence-electron chi connectivity index (χ0n) is 39.9. The lowest BCUT2D eigenvalue weighted by Gasteiger charge is -2.35. The molecule has 2 aliphatic rings. The topological polar surface area (TPSA) is 18.5 Å². The van der Waals surface area contributed by atoms with Crippen molar-refractivity contribution in [3.8, 4) is 22.3 Å². The van der Waals surface area contributed by atoms with Gasteiger partial charge in [-0.25, -0.2) is 0 Å². The molecule has 0 aromatic heterocycles. The average Bonchev–Trinajstić information content (AvgIpc) is 3.74. The Hall–Kier alpha value is -4.18. The van der Waals surface area contributed by atoms with E-state index < -0.39 is 5.41 Å². The summed E-state index contributed by atoms with van der Waals surface area (Å²) in [6.45, 7) is 16.2. The minimum atomic E-state index is -0.468. The highest BCUT2D eigenvalue weighted by Crippen LogP contribution is 2.62. The first-order valence-corrected chi connectivity index (χ1v) is 25.4. The van der Waals surface area contributed by atoms with Crippen molar-refractivity contribution in [1.29, 1.82) is 0 Å². The molecule has 0 heterocycles. The smallest absolute Gasteiger partial charge is 0.139 e. The Bertz CT molecular complexity index is 2160. The fourth-order valence-corrected chi connectivity index (χ4v) is 11.3. The van der Waals surface area contributed by atoms with E-state index in [1.807, 2.05) is 0 Å². The molecule has 3 heteroatoms. The molecular weight excluding hydrogens is 763 g/mol. The zero-order valence-corrected chi connectivity index (χ0v) is 39.9. The minimum absolute atomic E-state index is 0.0172. The molecule has 0 saturated heterocycles. The van der Waals surface area contributed by atoms with Crippen molar-refractivity contribution in [3.63, 3.8) is 0 Å². The van der Waals surface area contributed by atoms with E-state index >= 15 is 0 Å². The Morgan fingerprint density at radius 2 is 0.937 bits per heavy atom. The summed E-state index contributed by atoms with van der Waals surface area (Å²) < 4.78 is 11.5. The number of hydrogen-bond acceptors (Lipinski definition) is 2. The van der Waals surface area contributed by atoms with Crippen LogP contribution in [0.1, 0.15) is 180 Å². The van der Waals surface area contributed by atoms with E-state index in [0.717, 1.165) is 52.1 Å². The van der Waals surface area contributed by atoms with Crippen LogP contribution in [-0.4, -0.2) is 34.3 Å². The van der Waals surface area contributed by atoms with Crippen LogP contribution in [0.2, 0.25) is 0 Å². The Labute approximate surface area is 383 Å². The highest BCUT2D eigenvalue weighted by molar-refractivity contribution is 6.32. The number of hydrogen-bond donors (Lipinski definition) is 0. The largest absolute Gasteiger partial charge is 0.382 e. The lowest BCUT2D eigenvalue weighted by molar-refractivity contribution is 0.145. The third-order valence-corrected chi connectivity index (χ3v) is 14.6. The van der Waals surface area contributed by atoms with Crippen molar-refractivity contribution in [3.05, 3.63) is 154 Å². The van der Waals surface area contributed by atoms with Gasteiger partial charge < -0.3 is 9.47 Å². The van der Waals surface area contributed by atoms with Crippen molar-refractivity contribution in [2.45, 2.75) is 154 Å². The van der Waals surface area contributed by atoms with Gasteiger partial charge in [0.05, 0.1) is 5.41 Å². The van der Waals surface area contributed by atoms with E-state index in [-0.39, 0.29) is 5.41 Å². The summed E-state index contributed by atoms with van der Waals surface area (Å²) in [7, 11) is 2.27. The summed E-state index contributed by atoms with van der Waals surface area (Å²) in [4.78, 5) is 0. The third-order valence-electron chi connectivity index (χ3n) is 14.6. The molecule has 7 rings (SSSR count). The van der Waals surface area contributed by atoms with Gasteiger partial charge in [0.25, 0.3) is 0 Å². The van der Waals surface area contributed by atoms with Crippen molar-refractivity contribution >= 4 is 19.4 Å². The van der Waals surface area contributed by atoms with Gasteiger partial charge in [-0.3, -0.25) is 0 Å². The van der Waals surface area contributed by atoms with E-state index in [9.17, 15) is 0 Å². The monoisotopic (exact) mass is 841 g/mol. The van der Waals surface area contributed by atoms with Crippen LogP contribution in [0.3, 0.4) is 0 Å². The highest BCUT2D eigenvalue weighted by Gasteiger charge is 2.50. The van der Waals surface area contributed by atoms with E-state index in [1.165, 1.54) is 157 Å². The quantitative estimate of drug-likeness (QED) is 0.0380. The Balaban J connectivity index is 1.42. The van der Waals surface area contributed by atoms with Crippen molar-refractivity contribution < 1.29 is 9.47 Å². The second kappa shape index (κ2) is 22.6. The zero-order chi connectivity index (χ0) is 44.1. The molecule has 0 aliphatic heterocycles. The number of aryl methyl sites for hydroxylation is 2. The summed E-state index contributed by atoms with van der Waals surface area (Å²) in [5.41, 5.74) is 19.1. The van der Waals surface area contributed by atoms with Crippen molar-refractivity contribution in [2.75, 3.05) is 26.4 Å². The van der Waals surface area contributed by atoms with Gasteiger partial charge >= 0.3 is 0 Å². The summed E-state index contributed by atoms with van der Waals surface area (Å²) >= 11 is 0. The molecule has 5 aromatic carbocycles. The number of rotatable bonds is 27. The van der Waals surface area contributed by atoms with Crippen LogP contribution < -0.4 is 5.46 Å². The van der Waals surface area contributed by atoms with Gasteiger partial charge in [-0.15, -0.1) is 0 Å². The molecule has 0 bridgehead atoms. The van der Waals surface area contributed by atoms with Crippen molar-refractivity contribution in [2.24, 2.45) is 0 Å². The number of benzene rings is 5. The molecule has 0 amide bonds. The lowest BCUT2D eigenvalue weighted by atomic mass is 9.66. The molecule has 0 saturated carbocycles. The molecule has 63 heavy (non-hydrogen) atoms. The molecule has 0 N–H and O–H groups in total. The molecule has 2 aliphatic carbocycles. The molecule has 0 atom stereocenters. The van der Waals surface area contributed by atoms with Gasteiger partial charge in [0.2, 0.25) is 0 Å². The molecular formula is C60H77BO2. The first-order chi connectivity index (χ1) is 30.9. The molecule has 332 valence electrons. The maximum Gasteiger partial charge on any atom is 0.139 e. The summed E-state index contributed by atoms with van der Waals surface area (Å²) in [5.74, 6) is 0. The van der Waals surface area contributed by atoms with Crippen LogP contribution in [-0.2, 0) is 33.1 Å². The molecule has 0 unspecified atom stereocenters. The molecule has 0 fully saturated rings. The van der Waals surface area contributed by atoms with Gasteiger partial charge in [0, 0.05) is 31.8 Å². The normalized spacial score (nSPS) is 14.0. The van der Waals surface area contributed by atoms with Crippen LogP contribution in [0.15, 0.2) is 104 Å². The van der Waals surface area contributed by atoms with Gasteiger partial charge in [-0.2, -0.15) is 0 Å². The Morgan fingerprint density at radius 3 is 1.48 bits per heavy atom.